The minimum absolute atomic E-state index is 0.173. The van der Waals surface area contributed by atoms with Crippen molar-refractivity contribution in [2.45, 2.75) is 6.92 Å². The van der Waals surface area contributed by atoms with Crippen LogP contribution in [0, 0.1) is 0 Å². The topological polar surface area (TPSA) is 58.6 Å². The fraction of sp³-hybridized carbons (Fsp3) is 0.100. The number of nitrogens with zero attached hydrogens (tertiary/aromatic N) is 1. The molecular formula is C20H15ClN2O3S. The Hall–Kier alpha value is -2.83. The molecule has 136 valence electrons. The molecular weight excluding hydrogens is 384 g/mol. The number of para-hydroxylation sites is 2. The summed E-state index contributed by atoms with van der Waals surface area (Å²) in [6, 6.07) is 15.8. The van der Waals surface area contributed by atoms with Crippen LogP contribution in [-0.4, -0.2) is 18.4 Å². The van der Waals surface area contributed by atoms with Crippen LogP contribution in [0.3, 0.4) is 0 Å². The molecule has 0 atom stereocenters. The van der Waals surface area contributed by atoms with E-state index in [0.29, 0.717) is 38.5 Å². The molecule has 4 rings (SSSR count). The van der Waals surface area contributed by atoms with Crippen molar-refractivity contribution in [1.29, 1.82) is 0 Å². The fourth-order valence-electron chi connectivity index (χ4n) is 2.95. The van der Waals surface area contributed by atoms with E-state index in [1.165, 1.54) is 11.3 Å². The van der Waals surface area contributed by atoms with Crippen molar-refractivity contribution in [3.8, 4) is 11.5 Å². The molecule has 2 aromatic carbocycles. The number of benzene rings is 2. The number of halogens is 1. The summed E-state index contributed by atoms with van der Waals surface area (Å²) in [6.45, 7) is 2.41. The van der Waals surface area contributed by atoms with Crippen molar-refractivity contribution >= 4 is 46.1 Å². The van der Waals surface area contributed by atoms with E-state index < -0.39 is 0 Å². The number of amides is 2. The number of fused-ring (bicyclic) bond motifs is 2. The van der Waals surface area contributed by atoms with Gasteiger partial charge in [-0.3, -0.25) is 9.59 Å². The number of carbonyl (C=O) groups is 2. The Morgan fingerprint density at radius 3 is 2.70 bits per heavy atom. The molecule has 0 fully saturated rings. The Morgan fingerprint density at radius 2 is 1.96 bits per heavy atom. The van der Waals surface area contributed by atoms with Crippen molar-refractivity contribution in [3.05, 3.63) is 69.4 Å². The van der Waals surface area contributed by atoms with E-state index in [1.807, 2.05) is 31.2 Å². The first kappa shape index (κ1) is 17.6. The average molecular weight is 399 g/mol. The second-order valence-corrected chi connectivity index (χ2v) is 7.60. The molecule has 0 aliphatic carbocycles. The highest BCUT2D eigenvalue weighted by Crippen LogP contribution is 2.39. The lowest BCUT2D eigenvalue weighted by Crippen LogP contribution is -2.29. The number of hydrogen-bond acceptors (Lipinski definition) is 4. The Bertz CT molecular complexity index is 1050. The number of hydrogen-bond donors (Lipinski definition) is 1. The largest absolute Gasteiger partial charge is 0.454 e. The molecule has 0 saturated carbocycles. The van der Waals surface area contributed by atoms with Gasteiger partial charge in [-0.15, -0.1) is 11.3 Å². The summed E-state index contributed by atoms with van der Waals surface area (Å²) in [6.07, 6.45) is 0. The highest BCUT2D eigenvalue weighted by Gasteiger charge is 2.27. The van der Waals surface area contributed by atoms with E-state index in [0.717, 1.165) is 5.69 Å². The Labute approximate surface area is 165 Å². The minimum Gasteiger partial charge on any atom is -0.454 e. The highest BCUT2D eigenvalue weighted by atomic mass is 35.5. The zero-order valence-electron chi connectivity index (χ0n) is 14.4. The van der Waals surface area contributed by atoms with Gasteiger partial charge >= 0.3 is 0 Å². The lowest BCUT2D eigenvalue weighted by atomic mass is 10.1. The SMILES string of the molecule is CCN1C(=O)c2cc(NC(=O)c3ccc(Cl)s3)ccc2Oc2ccccc21. The standard InChI is InChI=1S/C20H15ClN2O3S/c1-2-23-14-5-3-4-6-16(14)26-15-8-7-12(11-13(15)20(23)25)22-19(24)17-9-10-18(21)27-17/h3-11H,2H2,1H3,(H,22,24). The van der Waals surface area contributed by atoms with Crippen molar-refractivity contribution in [2.24, 2.45) is 0 Å². The minimum atomic E-state index is -0.274. The molecule has 7 heteroatoms. The second-order valence-electron chi connectivity index (χ2n) is 5.89. The lowest BCUT2D eigenvalue weighted by molar-refractivity contribution is 0.0986. The third-order valence-electron chi connectivity index (χ3n) is 4.20. The van der Waals surface area contributed by atoms with Crippen LogP contribution in [0.15, 0.2) is 54.6 Å². The molecule has 0 spiro atoms. The van der Waals surface area contributed by atoms with Crippen LogP contribution >= 0.6 is 22.9 Å². The van der Waals surface area contributed by atoms with E-state index in [9.17, 15) is 9.59 Å². The molecule has 27 heavy (non-hydrogen) atoms. The second kappa shape index (κ2) is 7.06. The maximum Gasteiger partial charge on any atom is 0.265 e. The van der Waals surface area contributed by atoms with Gasteiger partial charge < -0.3 is 15.0 Å². The summed E-state index contributed by atoms with van der Waals surface area (Å²) < 4.78 is 6.51. The van der Waals surface area contributed by atoms with E-state index in [-0.39, 0.29) is 11.8 Å². The van der Waals surface area contributed by atoms with Gasteiger partial charge in [-0.25, -0.2) is 0 Å². The molecule has 0 unspecified atom stereocenters. The van der Waals surface area contributed by atoms with Crippen molar-refractivity contribution in [3.63, 3.8) is 0 Å². The summed E-state index contributed by atoms with van der Waals surface area (Å²) in [5, 5.41) is 2.80. The van der Waals surface area contributed by atoms with Crippen LogP contribution < -0.4 is 15.0 Å². The Balaban J connectivity index is 1.69. The molecule has 0 bridgehead atoms. The third kappa shape index (κ3) is 3.29. The van der Waals surface area contributed by atoms with Gasteiger partial charge in [0.15, 0.2) is 5.75 Å². The van der Waals surface area contributed by atoms with Crippen LogP contribution in [0.2, 0.25) is 4.34 Å². The van der Waals surface area contributed by atoms with Crippen LogP contribution in [0.5, 0.6) is 11.5 Å². The predicted molar refractivity (Wildman–Crippen MR) is 108 cm³/mol. The monoisotopic (exact) mass is 398 g/mol. The molecule has 1 aliphatic rings. The van der Waals surface area contributed by atoms with E-state index in [2.05, 4.69) is 5.32 Å². The molecule has 2 amide bonds. The number of rotatable bonds is 3. The summed E-state index contributed by atoms with van der Waals surface area (Å²) in [5.41, 5.74) is 1.64. The van der Waals surface area contributed by atoms with E-state index in [1.54, 1.807) is 35.2 Å². The number of ether oxygens (including phenoxy) is 1. The summed E-state index contributed by atoms with van der Waals surface area (Å²) in [4.78, 5) is 27.6. The van der Waals surface area contributed by atoms with Crippen LogP contribution in [0.25, 0.3) is 0 Å². The molecule has 1 aromatic heterocycles. The quantitative estimate of drug-likeness (QED) is 0.640. The molecule has 2 heterocycles. The van der Waals surface area contributed by atoms with Crippen LogP contribution in [-0.2, 0) is 0 Å². The van der Waals surface area contributed by atoms with E-state index >= 15 is 0 Å². The lowest BCUT2D eigenvalue weighted by Gasteiger charge is -2.19. The first-order valence-electron chi connectivity index (χ1n) is 8.36. The smallest absolute Gasteiger partial charge is 0.265 e. The first-order valence-corrected chi connectivity index (χ1v) is 9.55. The maximum absolute atomic E-state index is 13.1. The zero-order valence-corrected chi connectivity index (χ0v) is 15.9. The molecule has 0 radical (unpaired) electrons. The van der Waals surface area contributed by atoms with Gasteiger partial charge in [-0.1, -0.05) is 23.7 Å². The van der Waals surface area contributed by atoms with E-state index in [4.69, 9.17) is 16.3 Å². The normalized spacial score (nSPS) is 12.7. The van der Waals surface area contributed by atoms with Gasteiger partial charge in [-0.05, 0) is 49.4 Å². The molecule has 3 aromatic rings. The Morgan fingerprint density at radius 1 is 1.15 bits per heavy atom. The summed E-state index contributed by atoms with van der Waals surface area (Å²) >= 11 is 7.08. The van der Waals surface area contributed by atoms with Crippen molar-refractivity contribution < 1.29 is 14.3 Å². The van der Waals surface area contributed by atoms with Gasteiger partial charge in [-0.2, -0.15) is 0 Å². The van der Waals surface area contributed by atoms with Crippen LogP contribution in [0.4, 0.5) is 11.4 Å². The first-order chi connectivity index (χ1) is 13.1. The average Bonchev–Trinajstić information content (AvgIpc) is 3.06. The molecule has 1 aliphatic heterocycles. The van der Waals surface area contributed by atoms with Gasteiger partial charge in [0.25, 0.3) is 11.8 Å². The zero-order chi connectivity index (χ0) is 19.0. The predicted octanol–water partition coefficient (Wildman–Crippen LogP) is 5.43. The fourth-order valence-corrected chi connectivity index (χ4v) is 3.88. The van der Waals surface area contributed by atoms with Crippen molar-refractivity contribution in [1.82, 2.24) is 0 Å². The highest BCUT2D eigenvalue weighted by molar-refractivity contribution is 7.18. The number of anilines is 2. The number of carbonyl (C=O) groups excluding carboxylic acids is 2. The summed E-state index contributed by atoms with van der Waals surface area (Å²) in [5.74, 6) is 0.634. The van der Waals surface area contributed by atoms with Crippen LogP contribution in [0.1, 0.15) is 27.0 Å². The van der Waals surface area contributed by atoms with Gasteiger partial charge in [0.2, 0.25) is 0 Å². The maximum atomic E-state index is 13.1. The van der Waals surface area contributed by atoms with Gasteiger partial charge in [0.1, 0.15) is 5.75 Å². The number of nitrogens with one attached hydrogen (secondary N) is 1. The Kier molecular flexibility index (Phi) is 4.59. The molecule has 1 N–H and O–H groups in total. The van der Waals surface area contributed by atoms with Crippen molar-refractivity contribution in [2.75, 3.05) is 16.8 Å². The third-order valence-corrected chi connectivity index (χ3v) is 5.43. The number of thiophene rings is 1. The molecule has 5 nitrogen and oxygen atoms in total. The molecule has 0 saturated heterocycles. The van der Waals surface area contributed by atoms with Gasteiger partial charge in [0.05, 0.1) is 20.5 Å². The summed E-state index contributed by atoms with van der Waals surface area (Å²) in [7, 11) is 0. The van der Waals surface area contributed by atoms with Gasteiger partial charge in [0, 0.05) is 12.2 Å².